The minimum atomic E-state index is -0.459. The predicted octanol–water partition coefficient (Wildman–Crippen LogP) is 1.58. The molecule has 0 aromatic carbocycles. The van der Waals surface area contributed by atoms with Crippen molar-refractivity contribution in [3.63, 3.8) is 0 Å². The normalized spacial score (nSPS) is 20.5. The lowest BCUT2D eigenvalue weighted by Crippen LogP contribution is -2.18. The summed E-state index contributed by atoms with van der Waals surface area (Å²) in [5, 5.41) is 8.04. The second kappa shape index (κ2) is 3.56. The lowest BCUT2D eigenvalue weighted by Gasteiger charge is -2.17. The number of carbonyl (C=O) groups excluding carboxylic acids is 1. The summed E-state index contributed by atoms with van der Waals surface area (Å²) in [6.07, 6.45) is 5.12. The molecule has 3 heteroatoms. The summed E-state index contributed by atoms with van der Waals surface area (Å²) in [7, 11) is 0. The maximum absolute atomic E-state index is 10.7. The molecule has 1 rings (SSSR count). The van der Waals surface area contributed by atoms with E-state index in [4.69, 9.17) is 5.26 Å². The molecule has 1 N–H and O–H groups in total. The fourth-order valence-electron chi connectivity index (χ4n) is 1.41. The molecule has 0 heterocycles. The van der Waals surface area contributed by atoms with Crippen molar-refractivity contribution in [2.75, 3.05) is 0 Å². The van der Waals surface area contributed by atoms with Gasteiger partial charge in [0.25, 0.3) is 0 Å². The van der Waals surface area contributed by atoms with Gasteiger partial charge in [0.05, 0.1) is 5.92 Å². The SMILES string of the molecule is O=C(OO)C1CCCCC1. The van der Waals surface area contributed by atoms with Gasteiger partial charge >= 0.3 is 5.97 Å². The highest BCUT2D eigenvalue weighted by Crippen LogP contribution is 2.24. The molecule has 0 bridgehead atoms. The van der Waals surface area contributed by atoms with Crippen molar-refractivity contribution in [1.82, 2.24) is 0 Å². The molecule has 0 aromatic heterocycles. The van der Waals surface area contributed by atoms with Crippen LogP contribution in [-0.2, 0) is 9.68 Å². The number of rotatable bonds is 1. The maximum Gasteiger partial charge on any atom is 0.345 e. The van der Waals surface area contributed by atoms with Gasteiger partial charge in [0.15, 0.2) is 0 Å². The van der Waals surface area contributed by atoms with Crippen LogP contribution in [0.3, 0.4) is 0 Å². The Morgan fingerprint density at radius 2 is 1.90 bits per heavy atom. The van der Waals surface area contributed by atoms with Gasteiger partial charge < -0.3 is 4.89 Å². The Labute approximate surface area is 59.9 Å². The van der Waals surface area contributed by atoms with Crippen molar-refractivity contribution in [2.24, 2.45) is 5.92 Å². The third-order valence-corrected chi connectivity index (χ3v) is 2.03. The standard InChI is InChI=1S/C7H12O3/c8-7(10-9)6-4-2-1-3-5-6/h6,9H,1-5H2. The Balaban J connectivity index is 2.31. The zero-order valence-electron chi connectivity index (χ0n) is 5.88. The van der Waals surface area contributed by atoms with Crippen LogP contribution in [0.1, 0.15) is 32.1 Å². The third kappa shape index (κ3) is 1.70. The van der Waals surface area contributed by atoms with Crippen LogP contribution < -0.4 is 0 Å². The van der Waals surface area contributed by atoms with Crippen molar-refractivity contribution in [1.29, 1.82) is 0 Å². The molecule has 0 amide bonds. The number of carbonyl (C=O) groups is 1. The molecule has 1 fully saturated rings. The topological polar surface area (TPSA) is 46.5 Å². The van der Waals surface area contributed by atoms with Gasteiger partial charge in [0.2, 0.25) is 0 Å². The van der Waals surface area contributed by atoms with Gasteiger partial charge in [-0.1, -0.05) is 19.3 Å². The summed E-state index contributed by atoms with van der Waals surface area (Å²) in [6.45, 7) is 0. The minimum absolute atomic E-state index is 0.0428. The summed E-state index contributed by atoms with van der Waals surface area (Å²) in [5.74, 6) is -0.501. The van der Waals surface area contributed by atoms with E-state index in [1.807, 2.05) is 0 Å². The molecule has 0 saturated heterocycles. The molecule has 0 atom stereocenters. The van der Waals surface area contributed by atoms with Gasteiger partial charge in [-0.3, -0.25) is 0 Å². The molecule has 0 unspecified atom stereocenters. The van der Waals surface area contributed by atoms with Gasteiger partial charge in [-0.05, 0) is 12.8 Å². The van der Waals surface area contributed by atoms with Crippen molar-refractivity contribution in [2.45, 2.75) is 32.1 Å². The first-order valence-corrected chi connectivity index (χ1v) is 3.70. The Morgan fingerprint density at radius 1 is 1.30 bits per heavy atom. The average molecular weight is 144 g/mol. The molecule has 3 nitrogen and oxygen atoms in total. The van der Waals surface area contributed by atoms with E-state index in [-0.39, 0.29) is 5.92 Å². The molecule has 58 valence electrons. The van der Waals surface area contributed by atoms with Crippen LogP contribution in [0.15, 0.2) is 0 Å². The maximum atomic E-state index is 10.7. The summed E-state index contributed by atoms with van der Waals surface area (Å²) in [6, 6.07) is 0. The highest BCUT2D eigenvalue weighted by molar-refractivity contribution is 5.71. The molecule has 0 aliphatic heterocycles. The lowest BCUT2D eigenvalue weighted by atomic mass is 9.89. The van der Waals surface area contributed by atoms with Crippen LogP contribution in [0.25, 0.3) is 0 Å². The molecule has 0 spiro atoms. The van der Waals surface area contributed by atoms with Crippen molar-refractivity contribution in [3.05, 3.63) is 0 Å². The van der Waals surface area contributed by atoms with Crippen LogP contribution in [0.5, 0.6) is 0 Å². The highest BCUT2D eigenvalue weighted by atomic mass is 17.1. The first-order valence-electron chi connectivity index (χ1n) is 3.70. The summed E-state index contributed by atoms with van der Waals surface area (Å²) >= 11 is 0. The van der Waals surface area contributed by atoms with Gasteiger partial charge in [-0.2, -0.15) is 5.26 Å². The van der Waals surface area contributed by atoms with Gasteiger partial charge in [0.1, 0.15) is 0 Å². The van der Waals surface area contributed by atoms with E-state index in [9.17, 15) is 4.79 Å². The fraction of sp³-hybridized carbons (Fsp3) is 0.857. The number of hydrogen-bond acceptors (Lipinski definition) is 3. The Morgan fingerprint density at radius 3 is 2.40 bits per heavy atom. The van der Waals surface area contributed by atoms with Crippen LogP contribution in [0, 0.1) is 5.92 Å². The van der Waals surface area contributed by atoms with Crippen molar-refractivity contribution in [3.8, 4) is 0 Å². The molecule has 0 radical (unpaired) electrons. The molecule has 1 aliphatic rings. The summed E-state index contributed by atoms with van der Waals surface area (Å²) < 4.78 is 0. The van der Waals surface area contributed by atoms with Crippen molar-refractivity contribution < 1.29 is 14.9 Å². The molecule has 1 aliphatic carbocycles. The first kappa shape index (κ1) is 7.54. The Kier molecular flexibility index (Phi) is 2.68. The smallest absolute Gasteiger partial charge is 0.301 e. The fourth-order valence-corrected chi connectivity index (χ4v) is 1.41. The van der Waals surface area contributed by atoms with Crippen LogP contribution in [0.4, 0.5) is 0 Å². The largest absolute Gasteiger partial charge is 0.345 e. The molecule has 1 saturated carbocycles. The monoisotopic (exact) mass is 144 g/mol. The van der Waals surface area contributed by atoms with Gasteiger partial charge in [-0.15, -0.1) is 0 Å². The van der Waals surface area contributed by atoms with E-state index in [1.165, 1.54) is 6.42 Å². The average Bonchev–Trinajstić information content (AvgIpc) is 2.05. The third-order valence-electron chi connectivity index (χ3n) is 2.03. The Hall–Kier alpha value is -0.570. The van der Waals surface area contributed by atoms with E-state index < -0.39 is 5.97 Å². The second-order valence-electron chi connectivity index (χ2n) is 2.75. The quantitative estimate of drug-likeness (QED) is 0.449. The zero-order valence-corrected chi connectivity index (χ0v) is 5.88. The van der Waals surface area contributed by atoms with Crippen LogP contribution >= 0.6 is 0 Å². The molecular formula is C7H12O3. The lowest BCUT2D eigenvalue weighted by molar-refractivity contribution is -0.239. The number of hydrogen-bond donors (Lipinski definition) is 1. The van der Waals surface area contributed by atoms with Gasteiger partial charge in [0, 0.05) is 0 Å². The Bertz CT molecular complexity index is 116. The van der Waals surface area contributed by atoms with Gasteiger partial charge in [-0.25, -0.2) is 4.79 Å². The second-order valence-corrected chi connectivity index (χ2v) is 2.75. The van der Waals surface area contributed by atoms with Crippen LogP contribution in [-0.4, -0.2) is 11.2 Å². The van der Waals surface area contributed by atoms with E-state index in [0.717, 1.165) is 25.7 Å². The zero-order chi connectivity index (χ0) is 7.40. The minimum Gasteiger partial charge on any atom is -0.301 e. The highest BCUT2D eigenvalue weighted by Gasteiger charge is 2.22. The molecule has 0 aromatic rings. The molecular weight excluding hydrogens is 132 g/mol. The predicted molar refractivity (Wildman–Crippen MR) is 35.3 cm³/mol. The van der Waals surface area contributed by atoms with E-state index in [0.29, 0.717) is 0 Å². The first-order chi connectivity index (χ1) is 4.84. The summed E-state index contributed by atoms with van der Waals surface area (Å²) in [5.41, 5.74) is 0. The van der Waals surface area contributed by atoms with Crippen molar-refractivity contribution >= 4 is 5.97 Å². The van der Waals surface area contributed by atoms with E-state index in [2.05, 4.69) is 4.89 Å². The van der Waals surface area contributed by atoms with E-state index >= 15 is 0 Å². The van der Waals surface area contributed by atoms with E-state index in [1.54, 1.807) is 0 Å². The van der Waals surface area contributed by atoms with Crippen LogP contribution in [0.2, 0.25) is 0 Å². The summed E-state index contributed by atoms with van der Waals surface area (Å²) in [4.78, 5) is 14.3. The molecule has 10 heavy (non-hydrogen) atoms.